The van der Waals surface area contributed by atoms with Crippen molar-refractivity contribution in [3.05, 3.63) is 6.92 Å². The van der Waals surface area contributed by atoms with Gasteiger partial charge in [0.15, 0.2) is 0 Å². The van der Waals surface area contributed by atoms with Crippen molar-refractivity contribution in [2.24, 2.45) is 0 Å². The summed E-state index contributed by atoms with van der Waals surface area (Å²) in [6, 6.07) is 0. The van der Waals surface area contributed by atoms with Gasteiger partial charge < -0.3 is 5.11 Å². The molecule has 1 radical (unpaired) electrons. The zero-order valence-corrected chi connectivity index (χ0v) is 23.5. The Balaban J connectivity index is 3.28. The van der Waals surface area contributed by atoms with Crippen LogP contribution in [0.3, 0.4) is 0 Å². The largest absolute Gasteiger partial charge is 0.390 e. The predicted octanol–water partition coefficient (Wildman–Crippen LogP) is 11.5. The second-order valence-electron chi connectivity index (χ2n) is 11.2. The highest BCUT2D eigenvalue weighted by molar-refractivity contribution is 4.80. The maximum atomic E-state index is 10.6. The summed E-state index contributed by atoms with van der Waals surface area (Å²) in [5.41, 5.74) is -0.671. The third kappa shape index (κ3) is 28.1. The molecule has 0 aromatic rings. The lowest BCUT2D eigenvalue weighted by molar-refractivity contribution is 0.0633. The molecule has 1 heteroatoms. The molecule has 0 saturated heterocycles. The molecule has 0 bridgehead atoms. The van der Waals surface area contributed by atoms with Crippen LogP contribution in [0.5, 0.6) is 0 Å². The van der Waals surface area contributed by atoms with Gasteiger partial charge in [-0.3, -0.25) is 0 Å². The van der Waals surface area contributed by atoms with Crippen LogP contribution >= 0.6 is 0 Å². The van der Waals surface area contributed by atoms with E-state index >= 15 is 0 Å². The van der Waals surface area contributed by atoms with E-state index in [1.54, 1.807) is 0 Å². The zero-order valence-electron chi connectivity index (χ0n) is 23.5. The van der Waals surface area contributed by atoms with Crippen molar-refractivity contribution in [1.82, 2.24) is 0 Å². The average Bonchev–Trinajstić information content (AvgIpc) is 2.80. The standard InChI is InChI=1S/C32H65O/c1-4-6-8-10-12-14-16-18-19-21-23-25-27-29-31-32(3,33)30-28-26-24-22-20-17-15-13-11-9-7-5-2/h33H,3-31H2,1-2H3. The molecule has 0 aliphatic carbocycles. The van der Waals surface area contributed by atoms with Gasteiger partial charge in [-0.15, -0.1) is 0 Å². The van der Waals surface area contributed by atoms with Crippen molar-refractivity contribution in [3.8, 4) is 0 Å². The highest BCUT2D eigenvalue weighted by atomic mass is 16.3. The van der Waals surface area contributed by atoms with Crippen LogP contribution in [-0.2, 0) is 0 Å². The van der Waals surface area contributed by atoms with Crippen LogP contribution < -0.4 is 0 Å². The molecule has 33 heavy (non-hydrogen) atoms. The second kappa shape index (κ2) is 26.6. The van der Waals surface area contributed by atoms with Gasteiger partial charge in [0.2, 0.25) is 0 Å². The van der Waals surface area contributed by atoms with Gasteiger partial charge in [0, 0.05) is 0 Å². The summed E-state index contributed by atoms with van der Waals surface area (Å²) in [6.45, 7) is 8.69. The number of unbranched alkanes of at least 4 members (excludes halogenated alkanes) is 24. The van der Waals surface area contributed by atoms with E-state index in [1.165, 1.54) is 154 Å². The first kappa shape index (κ1) is 33.0. The molecular formula is C32H65O. The fraction of sp³-hybridized carbons (Fsp3) is 0.969. The minimum Gasteiger partial charge on any atom is -0.390 e. The first-order valence-corrected chi connectivity index (χ1v) is 15.7. The van der Waals surface area contributed by atoms with E-state index in [1.807, 2.05) is 0 Å². The van der Waals surface area contributed by atoms with E-state index in [0.717, 1.165) is 25.7 Å². The van der Waals surface area contributed by atoms with E-state index in [9.17, 15) is 5.11 Å². The van der Waals surface area contributed by atoms with Crippen LogP contribution in [0.4, 0.5) is 0 Å². The van der Waals surface area contributed by atoms with Crippen molar-refractivity contribution in [1.29, 1.82) is 0 Å². The molecule has 0 spiro atoms. The molecule has 1 N–H and O–H groups in total. The zero-order chi connectivity index (χ0) is 24.3. The molecule has 0 aliphatic rings. The number of rotatable bonds is 28. The van der Waals surface area contributed by atoms with E-state index in [-0.39, 0.29) is 0 Å². The molecule has 0 heterocycles. The van der Waals surface area contributed by atoms with Gasteiger partial charge in [-0.2, -0.15) is 0 Å². The summed E-state index contributed by atoms with van der Waals surface area (Å²) < 4.78 is 0. The minimum atomic E-state index is -0.671. The van der Waals surface area contributed by atoms with Gasteiger partial charge in [0.05, 0.1) is 5.60 Å². The Morgan fingerprint density at radius 1 is 0.364 bits per heavy atom. The summed E-state index contributed by atoms with van der Waals surface area (Å²) in [6.07, 6.45) is 37.7. The summed E-state index contributed by atoms with van der Waals surface area (Å²) in [5, 5.41) is 10.6. The van der Waals surface area contributed by atoms with E-state index in [4.69, 9.17) is 0 Å². The highest BCUT2D eigenvalue weighted by Gasteiger charge is 2.18. The fourth-order valence-electron chi connectivity index (χ4n) is 5.07. The van der Waals surface area contributed by atoms with Crippen LogP contribution in [0.15, 0.2) is 0 Å². The lowest BCUT2D eigenvalue weighted by Crippen LogP contribution is -2.24. The molecule has 1 nitrogen and oxygen atoms in total. The molecule has 0 aromatic carbocycles. The Bertz CT molecular complexity index is 348. The Kier molecular flexibility index (Phi) is 26.5. The SMILES string of the molecule is [CH2]C(O)(CCCCCCCCCCCCCC)CCCCCCCCCCCCCCCC. The molecular weight excluding hydrogens is 400 g/mol. The molecule has 0 rings (SSSR count). The lowest BCUT2D eigenvalue weighted by Gasteiger charge is -2.23. The summed E-state index contributed by atoms with van der Waals surface area (Å²) in [7, 11) is 0. The van der Waals surface area contributed by atoms with Crippen LogP contribution in [0, 0.1) is 6.92 Å². The highest BCUT2D eigenvalue weighted by Crippen LogP contribution is 2.23. The predicted molar refractivity (Wildman–Crippen MR) is 151 cm³/mol. The van der Waals surface area contributed by atoms with E-state index in [0.29, 0.717) is 0 Å². The van der Waals surface area contributed by atoms with E-state index < -0.39 is 5.60 Å². The van der Waals surface area contributed by atoms with E-state index in [2.05, 4.69) is 20.8 Å². The molecule has 0 amide bonds. The summed E-state index contributed by atoms with van der Waals surface area (Å²) in [5.74, 6) is 0. The normalized spacial score (nSPS) is 13.5. The van der Waals surface area contributed by atoms with Crippen molar-refractivity contribution in [3.63, 3.8) is 0 Å². The third-order valence-electron chi connectivity index (χ3n) is 7.49. The number of aliphatic hydroxyl groups is 1. The topological polar surface area (TPSA) is 20.2 Å². The monoisotopic (exact) mass is 466 g/mol. The van der Waals surface area contributed by atoms with Crippen LogP contribution in [0.25, 0.3) is 0 Å². The smallest absolute Gasteiger partial charge is 0.0648 e. The molecule has 0 saturated carbocycles. The molecule has 199 valence electrons. The fourth-order valence-corrected chi connectivity index (χ4v) is 5.07. The Hall–Kier alpha value is -0.0400. The summed E-state index contributed by atoms with van der Waals surface area (Å²) >= 11 is 0. The van der Waals surface area contributed by atoms with Gasteiger partial charge in [-0.05, 0) is 19.8 Å². The van der Waals surface area contributed by atoms with Crippen LogP contribution in [0.2, 0.25) is 0 Å². The number of hydrogen-bond acceptors (Lipinski definition) is 1. The van der Waals surface area contributed by atoms with Gasteiger partial charge in [0.25, 0.3) is 0 Å². The molecule has 1 atom stereocenters. The Labute approximate surface area is 211 Å². The van der Waals surface area contributed by atoms with Crippen molar-refractivity contribution < 1.29 is 5.11 Å². The maximum Gasteiger partial charge on any atom is 0.0648 e. The van der Waals surface area contributed by atoms with Gasteiger partial charge in [0.1, 0.15) is 0 Å². The quantitative estimate of drug-likeness (QED) is 0.114. The lowest BCUT2D eigenvalue weighted by atomic mass is 9.91. The van der Waals surface area contributed by atoms with Gasteiger partial charge in [-0.1, -0.05) is 181 Å². The van der Waals surface area contributed by atoms with Crippen molar-refractivity contribution in [2.45, 2.75) is 199 Å². The molecule has 0 fully saturated rings. The first-order valence-electron chi connectivity index (χ1n) is 15.7. The molecule has 0 aliphatic heterocycles. The third-order valence-corrected chi connectivity index (χ3v) is 7.49. The Morgan fingerprint density at radius 2 is 0.545 bits per heavy atom. The molecule has 0 aromatic heterocycles. The average molecular weight is 466 g/mol. The van der Waals surface area contributed by atoms with Crippen LogP contribution in [-0.4, -0.2) is 10.7 Å². The van der Waals surface area contributed by atoms with Crippen molar-refractivity contribution in [2.75, 3.05) is 0 Å². The van der Waals surface area contributed by atoms with Crippen molar-refractivity contribution >= 4 is 0 Å². The number of hydrogen-bond donors (Lipinski definition) is 1. The summed E-state index contributed by atoms with van der Waals surface area (Å²) in [4.78, 5) is 0. The minimum absolute atomic E-state index is 0.671. The van der Waals surface area contributed by atoms with Gasteiger partial charge in [-0.25, -0.2) is 0 Å². The second-order valence-corrected chi connectivity index (χ2v) is 11.2. The molecule has 1 unspecified atom stereocenters. The Morgan fingerprint density at radius 3 is 0.758 bits per heavy atom. The van der Waals surface area contributed by atoms with Gasteiger partial charge >= 0.3 is 0 Å². The first-order chi connectivity index (χ1) is 16.1. The maximum absolute atomic E-state index is 10.6. The van der Waals surface area contributed by atoms with Crippen LogP contribution in [0.1, 0.15) is 194 Å².